The topological polar surface area (TPSA) is 96.6 Å². The van der Waals surface area contributed by atoms with Crippen molar-refractivity contribution in [3.05, 3.63) is 81.3 Å². The van der Waals surface area contributed by atoms with Gasteiger partial charge in [0.25, 0.3) is 5.91 Å². The Bertz CT molecular complexity index is 1350. The fourth-order valence-electron chi connectivity index (χ4n) is 3.61. The summed E-state index contributed by atoms with van der Waals surface area (Å²) in [6, 6.07) is 4.88. The molecule has 2 aromatic carbocycles. The third kappa shape index (κ3) is 5.88. The quantitative estimate of drug-likeness (QED) is 0.180. The van der Waals surface area contributed by atoms with E-state index in [0.717, 1.165) is 18.3 Å². The van der Waals surface area contributed by atoms with Gasteiger partial charge in [0.2, 0.25) is 0 Å². The number of hydrogen-bond donors (Lipinski definition) is 2. The Hall–Kier alpha value is -3.80. The van der Waals surface area contributed by atoms with Crippen molar-refractivity contribution in [2.24, 2.45) is 5.16 Å². The third-order valence-electron chi connectivity index (χ3n) is 5.14. The van der Waals surface area contributed by atoms with Gasteiger partial charge >= 0.3 is 6.18 Å². The zero-order valence-corrected chi connectivity index (χ0v) is 19.5. The summed E-state index contributed by atoms with van der Waals surface area (Å²) in [4.78, 5) is 28.9. The molecule has 190 valence electrons. The number of ketones is 1. The Kier molecular flexibility index (Phi) is 7.77. The van der Waals surface area contributed by atoms with E-state index in [1.54, 1.807) is 6.92 Å². The van der Waals surface area contributed by atoms with Gasteiger partial charge in [-0.15, -0.1) is 0 Å². The minimum atomic E-state index is -4.90. The van der Waals surface area contributed by atoms with E-state index in [4.69, 9.17) is 16.8 Å². The number of anilines is 1. The van der Waals surface area contributed by atoms with Gasteiger partial charge in [-0.05, 0) is 48.9 Å². The van der Waals surface area contributed by atoms with Crippen LogP contribution in [0.5, 0.6) is 0 Å². The molecule has 1 amide bonds. The first kappa shape index (κ1) is 26.8. The highest BCUT2D eigenvalue weighted by Gasteiger charge is 2.32. The lowest BCUT2D eigenvalue weighted by Crippen LogP contribution is -2.18. The molecule has 0 saturated heterocycles. The van der Waals surface area contributed by atoms with Gasteiger partial charge in [-0.2, -0.15) is 13.2 Å². The van der Waals surface area contributed by atoms with Gasteiger partial charge in [-0.25, -0.2) is 13.8 Å². The van der Waals surface area contributed by atoms with Crippen molar-refractivity contribution < 1.29 is 36.7 Å². The molecule has 0 aliphatic heterocycles. The van der Waals surface area contributed by atoms with Crippen LogP contribution in [0.25, 0.3) is 0 Å². The molecule has 3 rings (SSSR count). The van der Waals surface area contributed by atoms with Crippen molar-refractivity contribution in [2.75, 3.05) is 5.32 Å². The predicted octanol–water partition coefficient (Wildman–Crippen LogP) is 5.63. The molecule has 1 heterocycles. The average molecular weight is 529 g/mol. The number of alkyl halides is 3. The van der Waals surface area contributed by atoms with Crippen LogP contribution in [0.4, 0.5) is 27.8 Å². The molecule has 0 fully saturated rings. The monoisotopic (exact) mass is 528 g/mol. The molecule has 7 nitrogen and oxygen atoms in total. The van der Waals surface area contributed by atoms with Gasteiger partial charge in [0, 0.05) is 16.5 Å². The number of nitrogens with one attached hydrogen (secondary N) is 1. The van der Waals surface area contributed by atoms with Crippen LogP contribution in [0.2, 0.25) is 5.02 Å². The molecule has 13 heteroatoms. The van der Waals surface area contributed by atoms with Crippen LogP contribution in [0.15, 0.2) is 41.6 Å². The summed E-state index contributed by atoms with van der Waals surface area (Å²) in [5, 5.41) is 14.4. The molecule has 1 atom stereocenters. The van der Waals surface area contributed by atoms with Gasteiger partial charge in [0.1, 0.15) is 23.6 Å². The number of nitrogens with zero attached hydrogens (tertiary/aromatic N) is 3. The smallest absolute Gasteiger partial charge is 0.411 e. The van der Waals surface area contributed by atoms with E-state index >= 15 is 0 Å². The lowest BCUT2D eigenvalue weighted by molar-refractivity contribution is -0.137. The van der Waals surface area contributed by atoms with Gasteiger partial charge < -0.3 is 15.1 Å². The third-order valence-corrected chi connectivity index (χ3v) is 5.49. The highest BCUT2D eigenvalue weighted by Crippen LogP contribution is 2.36. The van der Waals surface area contributed by atoms with Crippen molar-refractivity contribution in [3.63, 3.8) is 0 Å². The molecular formula is C23H18ClF5N4O3. The average Bonchev–Trinajstić information content (AvgIpc) is 3.09. The minimum absolute atomic E-state index is 0.104. The molecule has 0 radical (unpaired) electrons. The first-order chi connectivity index (χ1) is 16.8. The molecule has 3 aromatic rings. The van der Waals surface area contributed by atoms with E-state index in [1.807, 2.05) is 0 Å². The van der Waals surface area contributed by atoms with Gasteiger partial charge in [-0.1, -0.05) is 23.7 Å². The maximum atomic E-state index is 14.0. The van der Waals surface area contributed by atoms with Gasteiger partial charge in [0.05, 0.1) is 17.8 Å². The number of rotatable bonds is 7. The van der Waals surface area contributed by atoms with Crippen LogP contribution >= 0.6 is 11.6 Å². The van der Waals surface area contributed by atoms with Crippen molar-refractivity contribution >= 4 is 35.3 Å². The number of aromatic nitrogens is 2. The van der Waals surface area contributed by atoms with E-state index in [9.17, 15) is 31.5 Å². The Morgan fingerprint density at radius 1 is 1.19 bits per heavy atom. The van der Waals surface area contributed by atoms with Crippen molar-refractivity contribution in [1.29, 1.82) is 0 Å². The van der Waals surface area contributed by atoms with Crippen molar-refractivity contribution in [1.82, 2.24) is 9.55 Å². The summed E-state index contributed by atoms with van der Waals surface area (Å²) >= 11 is 6.23. The maximum absolute atomic E-state index is 14.0. The lowest BCUT2D eigenvalue weighted by atomic mass is 9.96. The first-order valence-corrected chi connectivity index (χ1v) is 10.6. The fourth-order valence-corrected chi connectivity index (χ4v) is 3.89. The Morgan fingerprint density at radius 2 is 1.89 bits per heavy atom. The standard InChI is InChI=1S/C23H18ClF5N4O3/c1-11(34)10-33-19(9-30-36)31-21(20(33)12(2)17-8-15(25)3-4-18(17)24)32-22(35)13-5-14(23(27,28)29)7-16(26)6-13/h3-9,12,36H,10H2,1-2H3,(H,32,35)/b30-9+/t12-/m0/s1. The van der Waals surface area contributed by atoms with Crippen LogP contribution in [0.3, 0.4) is 0 Å². The summed E-state index contributed by atoms with van der Waals surface area (Å²) < 4.78 is 68.4. The molecule has 2 N–H and O–H groups in total. The first-order valence-electron chi connectivity index (χ1n) is 10.2. The molecule has 0 saturated carbocycles. The van der Waals surface area contributed by atoms with E-state index in [-0.39, 0.29) is 46.3 Å². The molecule has 0 aliphatic rings. The van der Waals surface area contributed by atoms with Gasteiger partial charge in [0.15, 0.2) is 11.6 Å². The molecule has 0 aliphatic carbocycles. The second-order valence-electron chi connectivity index (χ2n) is 7.80. The van der Waals surface area contributed by atoms with Crippen LogP contribution in [0.1, 0.15) is 52.8 Å². The van der Waals surface area contributed by atoms with E-state index < -0.39 is 40.8 Å². The minimum Gasteiger partial charge on any atom is -0.411 e. The molecule has 36 heavy (non-hydrogen) atoms. The summed E-state index contributed by atoms with van der Waals surface area (Å²) in [5.41, 5.74) is -1.67. The highest BCUT2D eigenvalue weighted by atomic mass is 35.5. The second-order valence-corrected chi connectivity index (χ2v) is 8.21. The zero-order valence-electron chi connectivity index (χ0n) is 18.7. The maximum Gasteiger partial charge on any atom is 0.416 e. The molecular weight excluding hydrogens is 511 g/mol. The highest BCUT2D eigenvalue weighted by molar-refractivity contribution is 6.31. The molecule has 0 bridgehead atoms. The molecule has 1 aromatic heterocycles. The van der Waals surface area contributed by atoms with Crippen LogP contribution in [-0.2, 0) is 17.5 Å². The summed E-state index contributed by atoms with van der Waals surface area (Å²) in [7, 11) is 0. The van der Waals surface area contributed by atoms with Crippen LogP contribution in [0, 0.1) is 11.6 Å². The van der Waals surface area contributed by atoms with Gasteiger partial charge in [-0.3, -0.25) is 9.59 Å². The van der Waals surface area contributed by atoms with Crippen LogP contribution < -0.4 is 5.32 Å². The Labute approximate surface area is 206 Å². The number of amides is 1. The summed E-state index contributed by atoms with van der Waals surface area (Å²) in [6.07, 6.45) is -4.04. The molecule has 0 unspecified atom stereocenters. The molecule has 0 spiro atoms. The number of Topliss-reactive ketones (excluding diaryl/α,β-unsaturated/α-hetero) is 1. The number of imidazole rings is 1. The largest absolute Gasteiger partial charge is 0.416 e. The van der Waals surface area contributed by atoms with Crippen molar-refractivity contribution in [2.45, 2.75) is 32.5 Å². The second kappa shape index (κ2) is 10.4. The summed E-state index contributed by atoms with van der Waals surface area (Å²) in [6.45, 7) is 2.51. The number of carbonyl (C=O) groups is 2. The SMILES string of the molecule is CC(=O)Cn1c(/C=N/O)nc(NC(=O)c2cc(F)cc(C(F)(F)F)c2)c1[C@@H](C)c1cc(F)ccc1Cl. The lowest BCUT2D eigenvalue weighted by Gasteiger charge is -2.19. The van der Waals surface area contributed by atoms with Crippen LogP contribution in [-0.4, -0.2) is 32.7 Å². The number of oxime groups is 1. The normalized spacial score (nSPS) is 12.7. The summed E-state index contributed by atoms with van der Waals surface area (Å²) in [5.74, 6) is -4.59. The fraction of sp³-hybridized carbons (Fsp3) is 0.217. The number of halogens is 6. The predicted molar refractivity (Wildman–Crippen MR) is 121 cm³/mol. The Balaban J connectivity index is 2.16. The number of benzene rings is 2. The number of carbonyl (C=O) groups excluding carboxylic acids is 2. The van der Waals surface area contributed by atoms with Crippen molar-refractivity contribution in [3.8, 4) is 0 Å². The van der Waals surface area contributed by atoms with E-state index in [0.29, 0.717) is 12.1 Å². The van der Waals surface area contributed by atoms with E-state index in [2.05, 4.69) is 15.5 Å². The Morgan fingerprint density at radius 3 is 2.50 bits per heavy atom. The van der Waals surface area contributed by atoms with E-state index in [1.165, 1.54) is 17.6 Å². The zero-order chi connectivity index (χ0) is 26.8. The number of hydrogen-bond acceptors (Lipinski definition) is 5.